The van der Waals surface area contributed by atoms with Gasteiger partial charge >= 0.3 is 0 Å². The van der Waals surface area contributed by atoms with E-state index in [9.17, 15) is 14.4 Å². The molecule has 3 N–H and O–H groups in total. The molecule has 3 aromatic rings. The third-order valence-electron chi connectivity index (χ3n) is 9.54. The smallest absolute Gasteiger partial charge is 0.244 e. The molecule has 3 unspecified atom stereocenters. The Kier molecular flexibility index (Phi) is 5.23. The van der Waals surface area contributed by atoms with Crippen LogP contribution < -0.4 is 16.0 Å². The van der Waals surface area contributed by atoms with Crippen molar-refractivity contribution >= 4 is 29.2 Å². The highest BCUT2D eigenvalue weighted by Crippen LogP contribution is 2.48. The molecule has 1 spiro atoms. The fraction of sp³-hybridized carbons (Fsp3) is 0.355. The molecule has 2 aromatic carbocycles. The van der Waals surface area contributed by atoms with Crippen LogP contribution in [0, 0.1) is 0 Å². The Bertz CT molecular complexity index is 1510. The van der Waals surface area contributed by atoms with Gasteiger partial charge in [0.15, 0.2) is 0 Å². The van der Waals surface area contributed by atoms with Crippen LogP contribution in [0.3, 0.4) is 0 Å². The molecule has 3 fully saturated rings. The van der Waals surface area contributed by atoms with Crippen molar-refractivity contribution in [3.63, 3.8) is 0 Å². The van der Waals surface area contributed by atoms with Gasteiger partial charge in [-0.2, -0.15) is 0 Å². The lowest BCUT2D eigenvalue weighted by molar-refractivity contribution is -0.163. The highest BCUT2D eigenvalue weighted by molar-refractivity contribution is 6.06. The minimum Gasteiger partial charge on any atom is -0.325 e. The number of hydrogen-bond acceptors (Lipinski definition) is 5. The van der Waals surface area contributed by atoms with Gasteiger partial charge in [-0.3, -0.25) is 14.4 Å². The number of nitrogens with one attached hydrogen (secondary N) is 3. The van der Waals surface area contributed by atoms with E-state index in [1.807, 2.05) is 67.6 Å². The maximum absolute atomic E-state index is 13.8. The standard InChI is InChI=1S/C31H31N5O3/c1-2-30-12-13-31(19-33-30,22-7-4-3-5-8-22)36(28(30)39)18-25(37)34-23-11-10-20-16-29(17-21(20)15-23)24-9-6-14-32-26(24)35-27(29)38/h3-11,14-15,33H,2,12-13,16-19H2,1H3,(H,34,37)(H,32,35,38). The Hall–Kier alpha value is -4.04. The minimum absolute atomic E-state index is 0.00285. The van der Waals surface area contributed by atoms with Crippen molar-refractivity contribution in [2.45, 2.75) is 55.5 Å². The normalized spacial score (nSPS) is 28.4. The molecule has 8 heteroatoms. The average molecular weight is 522 g/mol. The first-order chi connectivity index (χ1) is 18.9. The number of benzene rings is 2. The van der Waals surface area contributed by atoms with Gasteiger partial charge in [0.25, 0.3) is 0 Å². The lowest BCUT2D eigenvalue weighted by Gasteiger charge is -2.59. The summed E-state index contributed by atoms with van der Waals surface area (Å²) in [4.78, 5) is 46.4. The number of carbonyl (C=O) groups is 3. The maximum Gasteiger partial charge on any atom is 0.244 e. The van der Waals surface area contributed by atoms with E-state index < -0.39 is 16.5 Å². The van der Waals surface area contributed by atoms with E-state index in [-0.39, 0.29) is 24.3 Å². The first kappa shape index (κ1) is 24.0. The molecule has 8 nitrogen and oxygen atoms in total. The molecule has 0 radical (unpaired) electrons. The Morgan fingerprint density at radius 1 is 1.03 bits per heavy atom. The van der Waals surface area contributed by atoms with Gasteiger partial charge in [-0.1, -0.05) is 49.4 Å². The molecule has 3 saturated heterocycles. The summed E-state index contributed by atoms with van der Waals surface area (Å²) >= 11 is 0. The summed E-state index contributed by atoms with van der Waals surface area (Å²) < 4.78 is 0. The van der Waals surface area contributed by atoms with Crippen LogP contribution >= 0.6 is 0 Å². The number of piperidine rings is 2. The number of pyridine rings is 1. The fourth-order valence-electron chi connectivity index (χ4n) is 7.29. The quantitative estimate of drug-likeness (QED) is 0.478. The first-order valence-corrected chi connectivity index (χ1v) is 13.7. The number of anilines is 2. The maximum atomic E-state index is 13.8. The van der Waals surface area contributed by atoms with E-state index in [2.05, 4.69) is 20.9 Å². The molecule has 4 aliphatic heterocycles. The second kappa shape index (κ2) is 8.48. The van der Waals surface area contributed by atoms with Gasteiger partial charge in [0.05, 0.1) is 16.5 Å². The van der Waals surface area contributed by atoms with Crippen molar-refractivity contribution in [3.8, 4) is 0 Å². The number of rotatable bonds is 5. The minimum atomic E-state index is -0.655. The zero-order valence-corrected chi connectivity index (χ0v) is 21.9. The van der Waals surface area contributed by atoms with E-state index in [0.717, 1.165) is 35.1 Å². The summed E-state index contributed by atoms with van der Waals surface area (Å²) in [5.41, 5.74) is 2.99. The Balaban J connectivity index is 1.13. The predicted molar refractivity (Wildman–Crippen MR) is 147 cm³/mol. The van der Waals surface area contributed by atoms with E-state index in [1.165, 1.54) is 0 Å². The zero-order chi connectivity index (χ0) is 26.8. The second-order valence-electron chi connectivity index (χ2n) is 11.4. The first-order valence-electron chi connectivity index (χ1n) is 13.7. The molecule has 3 atom stereocenters. The molecular formula is C31H31N5O3. The molecule has 1 aromatic heterocycles. The number of carbonyl (C=O) groups excluding carboxylic acids is 3. The Labute approximate surface area is 227 Å². The lowest BCUT2D eigenvalue weighted by atomic mass is 9.68. The average Bonchev–Trinajstić information content (AvgIpc) is 3.48. The van der Waals surface area contributed by atoms with Crippen LogP contribution in [-0.4, -0.2) is 46.2 Å². The largest absolute Gasteiger partial charge is 0.325 e. The third kappa shape index (κ3) is 3.40. The molecule has 1 aliphatic carbocycles. The summed E-state index contributed by atoms with van der Waals surface area (Å²) in [6.45, 7) is 2.64. The van der Waals surface area contributed by atoms with Crippen molar-refractivity contribution in [1.82, 2.24) is 15.2 Å². The molecule has 39 heavy (non-hydrogen) atoms. The van der Waals surface area contributed by atoms with Crippen LogP contribution in [0.5, 0.6) is 0 Å². The van der Waals surface area contributed by atoms with E-state index in [4.69, 9.17) is 0 Å². The molecule has 5 heterocycles. The van der Waals surface area contributed by atoms with Crippen molar-refractivity contribution in [3.05, 3.63) is 89.1 Å². The summed E-state index contributed by atoms with van der Waals surface area (Å²) in [6.07, 6.45) is 5.11. The number of aromatic nitrogens is 1. The summed E-state index contributed by atoms with van der Waals surface area (Å²) in [6, 6.07) is 19.7. The van der Waals surface area contributed by atoms with Gasteiger partial charge in [-0.15, -0.1) is 0 Å². The molecule has 8 rings (SSSR count). The number of hydrogen-bond donors (Lipinski definition) is 3. The van der Waals surface area contributed by atoms with Crippen LogP contribution in [0.1, 0.15) is 48.4 Å². The van der Waals surface area contributed by atoms with E-state index in [1.54, 1.807) is 11.1 Å². The number of fused-ring (bicyclic) bond motifs is 6. The van der Waals surface area contributed by atoms with Gasteiger partial charge in [0.2, 0.25) is 17.7 Å². The number of amides is 3. The van der Waals surface area contributed by atoms with Crippen LogP contribution in [-0.2, 0) is 38.2 Å². The van der Waals surface area contributed by atoms with Crippen LogP contribution in [0.25, 0.3) is 0 Å². The van der Waals surface area contributed by atoms with Crippen molar-refractivity contribution < 1.29 is 14.4 Å². The number of piperazine rings is 1. The Morgan fingerprint density at radius 3 is 2.62 bits per heavy atom. The van der Waals surface area contributed by atoms with E-state index in [0.29, 0.717) is 37.3 Å². The molecule has 2 bridgehead atoms. The molecule has 3 amide bonds. The van der Waals surface area contributed by atoms with Crippen molar-refractivity contribution in [1.29, 1.82) is 0 Å². The molecular weight excluding hydrogens is 490 g/mol. The van der Waals surface area contributed by atoms with Gasteiger partial charge < -0.3 is 20.9 Å². The van der Waals surface area contributed by atoms with Gasteiger partial charge in [0, 0.05) is 24.0 Å². The summed E-state index contributed by atoms with van der Waals surface area (Å²) in [5.74, 6) is 0.382. The van der Waals surface area contributed by atoms with Crippen LogP contribution in [0.4, 0.5) is 11.5 Å². The monoisotopic (exact) mass is 521 g/mol. The van der Waals surface area contributed by atoms with Crippen LogP contribution in [0.2, 0.25) is 0 Å². The fourth-order valence-corrected chi connectivity index (χ4v) is 7.29. The summed E-state index contributed by atoms with van der Waals surface area (Å²) in [7, 11) is 0. The van der Waals surface area contributed by atoms with Gasteiger partial charge in [-0.25, -0.2) is 4.98 Å². The zero-order valence-electron chi connectivity index (χ0n) is 21.9. The molecule has 198 valence electrons. The lowest BCUT2D eigenvalue weighted by Crippen LogP contribution is -2.76. The van der Waals surface area contributed by atoms with Crippen molar-refractivity contribution in [2.75, 3.05) is 23.7 Å². The third-order valence-corrected chi connectivity index (χ3v) is 9.54. The van der Waals surface area contributed by atoms with E-state index >= 15 is 0 Å². The number of nitrogens with zero attached hydrogens (tertiary/aromatic N) is 2. The van der Waals surface area contributed by atoms with Gasteiger partial charge in [0.1, 0.15) is 12.4 Å². The molecule has 5 aliphatic rings. The molecule has 0 saturated carbocycles. The van der Waals surface area contributed by atoms with Gasteiger partial charge in [-0.05, 0) is 67.0 Å². The van der Waals surface area contributed by atoms with Crippen LogP contribution in [0.15, 0.2) is 66.9 Å². The highest BCUT2D eigenvalue weighted by atomic mass is 16.2. The SMILES string of the molecule is CCC12CCC(c3ccccc3)(CN1)N(CC(=O)Nc1ccc3c(c1)CC1(C3)C(=O)Nc3ncccc31)C2=O. The predicted octanol–water partition coefficient (Wildman–Crippen LogP) is 3.28. The second-order valence-corrected chi connectivity index (χ2v) is 11.4. The topological polar surface area (TPSA) is 103 Å². The summed E-state index contributed by atoms with van der Waals surface area (Å²) in [5, 5.41) is 9.50. The highest BCUT2D eigenvalue weighted by Gasteiger charge is 2.59. The van der Waals surface area contributed by atoms with Crippen molar-refractivity contribution in [2.24, 2.45) is 0 Å². The Morgan fingerprint density at radius 2 is 1.85 bits per heavy atom.